The molecule has 0 saturated heterocycles. The summed E-state index contributed by atoms with van der Waals surface area (Å²) in [4.78, 5) is 25.3. The fourth-order valence-electron chi connectivity index (χ4n) is 2.34. The number of para-hydroxylation sites is 1. The Kier molecular flexibility index (Phi) is 4.76. The van der Waals surface area contributed by atoms with Gasteiger partial charge < -0.3 is 10.5 Å². The van der Waals surface area contributed by atoms with Crippen LogP contribution in [0.15, 0.2) is 84.9 Å². The van der Waals surface area contributed by atoms with Gasteiger partial charge >= 0.3 is 6.03 Å². The summed E-state index contributed by atoms with van der Waals surface area (Å²) in [5, 5.41) is 0. The zero-order valence-electron chi connectivity index (χ0n) is 13.3. The van der Waals surface area contributed by atoms with Gasteiger partial charge in [-0.3, -0.25) is 4.79 Å². The van der Waals surface area contributed by atoms with Crippen LogP contribution >= 0.6 is 0 Å². The summed E-state index contributed by atoms with van der Waals surface area (Å²) in [7, 11) is 0. The van der Waals surface area contributed by atoms with Crippen LogP contribution in [0.2, 0.25) is 0 Å². The number of anilines is 1. The number of rotatable bonds is 4. The Labute approximate surface area is 145 Å². The molecule has 3 aromatic carbocycles. The smallest absolute Gasteiger partial charge is 0.326 e. The molecule has 0 fully saturated rings. The molecule has 0 radical (unpaired) electrons. The lowest BCUT2D eigenvalue weighted by molar-refractivity contribution is 0.0995. The van der Waals surface area contributed by atoms with Crippen LogP contribution in [0.1, 0.15) is 10.4 Å². The monoisotopic (exact) mass is 332 g/mol. The Hall–Kier alpha value is -3.60. The van der Waals surface area contributed by atoms with Crippen LogP contribution in [0, 0.1) is 0 Å². The van der Waals surface area contributed by atoms with Crippen molar-refractivity contribution in [1.29, 1.82) is 0 Å². The molecule has 5 nitrogen and oxygen atoms in total. The van der Waals surface area contributed by atoms with E-state index in [1.807, 2.05) is 30.3 Å². The highest BCUT2D eigenvalue weighted by atomic mass is 16.5. The largest absolute Gasteiger partial charge is 0.457 e. The molecule has 0 bridgehead atoms. The van der Waals surface area contributed by atoms with Crippen LogP contribution in [-0.4, -0.2) is 11.9 Å². The van der Waals surface area contributed by atoms with E-state index in [1.165, 1.54) is 0 Å². The maximum atomic E-state index is 12.6. The van der Waals surface area contributed by atoms with Crippen LogP contribution in [0.5, 0.6) is 11.5 Å². The van der Waals surface area contributed by atoms with Gasteiger partial charge in [-0.25, -0.2) is 9.69 Å². The number of hydrogen-bond donors (Lipinski definition) is 1. The molecule has 0 saturated carbocycles. The molecule has 5 heteroatoms. The number of nitrogens with two attached hydrogens (primary N) is 1. The molecule has 0 heterocycles. The van der Waals surface area contributed by atoms with E-state index >= 15 is 0 Å². The highest BCUT2D eigenvalue weighted by Gasteiger charge is 2.22. The van der Waals surface area contributed by atoms with Gasteiger partial charge in [-0.05, 0) is 48.5 Å². The Morgan fingerprint density at radius 2 is 1.24 bits per heavy atom. The van der Waals surface area contributed by atoms with Crippen LogP contribution < -0.4 is 15.4 Å². The first-order chi connectivity index (χ1) is 12.1. The SMILES string of the molecule is NC(=O)N(C(=O)c1ccccc1)c1ccc(Oc2ccccc2)cc1. The third-order valence-corrected chi connectivity index (χ3v) is 3.52. The Morgan fingerprint density at radius 1 is 0.720 bits per heavy atom. The van der Waals surface area contributed by atoms with Crippen molar-refractivity contribution in [2.24, 2.45) is 5.73 Å². The summed E-state index contributed by atoms with van der Waals surface area (Å²) < 4.78 is 5.70. The molecule has 0 spiro atoms. The van der Waals surface area contributed by atoms with Gasteiger partial charge in [0.05, 0.1) is 5.69 Å². The zero-order chi connectivity index (χ0) is 17.6. The minimum absolute atomic E-state index is 0.377. The van der Waals surface area contributed by atoms with E-state index in [1.54, 1.807) is 54.6 Å². The van der Waals surface area contributed by atoms with Gasteiger partial charge in [0.25, 0.3) is 5.91 Å². The number of ether oxygens (including phenoxy) is 1. The highest BCUT2D eigenvalue weighted by Crippen LogP contribution is 2.25. The number of imide groups is 1. The molecule has 0 atom stereocenters. The van der Waals surface area contributed by atoms with Gasteiger partial charge in [0.1, 0.15) is 11.5 Å². The Balaban J connectivity index is 1.83. The van der Waals surface area contributed by atoms with Crippen LogP contribution in [0.25, 0.3) is 0 Å². The van der Waals surface area contributed by atoms with E-state index in [-0.39, 0.29) is 0 Å². The van der Waals surface area contributed by atoms with Crippen LogP contribution in [0.4, 0.5) is 10.5 Å². The average molecular weight is 332 g/mol. The molecule has 3 rings (SSSR count). The first-order valence-corrected chi connectivity index (χ1v) is 7.67. The fraction of sp³-hybridized carbons (Fsp3) is 0. The summed E-state index contributed by atoms with van der Waals surface area (Å²) in [5.74, 6) is 0.804. The Bertz CT molecular complexity index is 862. The second-order valence-electron chi connectivity index (χ2n) is 5.25. The lowest BCUT2D eigenvalue weighted by Crippen LogP contribution is -2.40. The maximum absolute atomic E-state index is 12.6. The van der Waals surface area contributed by atoms with E-state index in [2.05, 4.69) is 0 Å². The molecule has 25 heavy (non-hydrogen) atoms. The second kappa shape index (κ2) is 7.31. The van der Waals surface area contributed by atoms with Gasteiger partial charge in [0, 0.05) is 5.56 Å². The molecule has 0 aromatic heterocycles. The average Bonchev–Trinajstić information content (AvgIpc) is 2.64. The minimum Gasteiger partial charge on any atom is -0.457 e. The molecular weight excluding hydrogens is 316 g/mol. The Morgan fingerprint density at radius 3 is 1.80 bits per heavy atom. The molecule has 2 N–H and O–H groups in total. The molecule has 0 aliphatic rings. The lowest BCUT2D eigenvalue weighted by atomic mass is 10.2. The number of urea groups is 1. The van der Waals surface area contributed by atoms with Crippen molar-refractivity contribution >= 4 is 17.6 Å². The van der Waals surface area contributed by atoms with Crippen molar-refractivity contribution in [3.8, 4) is 11.5 Å². The number of carbonyl (C=O) groups excluding carboxylic acids is 2. The number of hydrogen-bond acceptors (Lipinski definition) is 3. The van der Waals surface area contributed by atoms with Crippen molar-refractivity contribution in [3.05, 3.63) is 90.5 Å². The van der Waals surface area contributed by atoms with Crippen molar-refractivity contribution < 1.29 is 14.3 Å². The van der Waals surface area contributed by atoms with Gasteiger partial charge in [0.15, 0.2) is 0 Å². The summed E-state index contributed by atoms with van der Waals surface area (Å²) >= 11 is 0. The fourth-order valence-corrected chi connectivity index (χ4v) is 2.34. The van der Waals surface area contributed by atoms with Gasteiger partial charge in [-0.1, -0.05) is 36.4 Å². The third-order valence-electron chi connectivity index (χ3n) is 3.52. The number of carbonyl (C=O) groups is 2. The summed E-state index contributed by atoms with van der Waals surface area (Å²) in [6.07, 6.45) is 0. The van der Waals surface area contributed by atoms with E-state index in [9.17, 15) is 9.59 Å². The topological polar surface area (TPSA) is 72.6 Å². The first kappa shape index (κ1) is 16.3. The van der Waals surface area contributed by atoms with Crippen molar-refractivity contribution in [1.82, 2.24) is 0 Å². The maximum Gasteiger partial charge on any atom is 0.326 e. The van der Waals surface area contributed by atoms with Crippen molar-refractivity contribution in [3.63, 3.8) is 0 Å². The van der Waals surface area contributed by atoms with Crippen LogP contribution in [0.3, 0.4) is 0 Å². The molecule has 124 valence electrons. The summed E-state index contributed by atoms with van der Waals surface area (Å²) in [6.45, 7) is 0. The van der Waals surface area contributed by atoms with Gasteiger partial charge in [-0.15, -0.1) is 0 Å². The highest BCUT2D eigenvalue weighted by molar-refractivity contribution is 6.20. The third kappa shape index (κ3) is 3.84. The summed E-state index contributed by atoms with van der Waals surface area (Å²) in [6, 6.07) is 23.6. The van der Waals surface area contributed by atoms with Crippen molar-refractivity contribution in [2.75, 3.05) is 4.90 Å². The summed E-state index contributed by atoms with van der Waals surface area (Å²) in [5.41, 5.74) is 6.16. The zero-order valence-corrected chi connectivity index (χ0v) is 13.3. The quantitative estimate of drug-likeness (QED) is 0.778. The second-order valence-corrected chi connectivity index (χ2v) is 5.25. The molecule has 0 unspecified atom stereocenters. The number of primary amides is 1. The van der Waals surface area contributed by atoms with Gasteiger partial charge in [-0.2, -0.15) is 0 Å². The number of benzene rings is 3. The molecule has 3 aromatic rings. The lowest BCUT2D eigenvalue weighted by Gasteiger charge is -2.19. The molecule has 0 aliphatic carbocycles. The predicted octanol–water partition coefficient (Wildman–Crippen LogP) is 4.20. The van der Waals surface area contributed by atoms with E-state index in [4.69, 9.17) is 10.5 Å². The standard InChI is InChI=1S/C20H16N2O3/c21-20(24)22(19(23)15-7-3-1-4-8-15)16-11-13-18(14-12-16)25-17-9-5-2-6-10-17/h1-14H,(H2,21,24). The van der Waals surface area contributed by atoms with E-state index in [0.29, 0.717) is 22.7 Å². The number of nitrogens with zero attached hydrogens (tertiary/aromatic N) is 1. The first-order valence-electron chi connectivity index (χ1n) is 7.67. The van der Waals surface area contributed by atoms with E-state index in [0.717, 1.165) is 4.90 Å². The molecule has 0 aliphatic heterocycles. The van der Waals surface area contributed by atoms with Crippen molar-refractivity contribution in [2.45, 2.75) is 0 Å². The minimum atomic E-state index is -0.842. The predicted molar refractivity (Wildman–Crippen MR) is 95.8 cm³/mol. The molecule has 3 amide bonds. The van der Waals surface area contributed by atoms with E-state index < -0.39 is 11.9 Å². The van der Waals surface area contributed by atoms with Crippen LogP contribution in [-0.2, 0) is 0 Å². The van der Waals surface area contributed by atoms with Gasteiger partial charge in [0.2, 0.25) is 0 Å². The number of amides is 3. The molecular formula is C20H16N2O3. The normalized spacial score (nSPS) is 10.1.